The van der Waals surface area contributed by atoms with Crippen LogP contribution < -0.4 is 10.2 Å². The molecule has 2 amide bonds. The molecule has 25 heavy (non-hydrogen) atoms. The first-order valence-corrected chi connectivity index (χ1v) is 8.96. The van der Waals surface area contributed by atoms with Crippen molar-refractivity contribution in [2.24, 2.45) is 0 Å². The number of rotatable bonds is 6. The van der Waals surface area contributed by atoms with Gasteiger partial charge in [0.2, 0.25) is 11.8 Å². The van der Waals surface area contributed by atoms with Crippen molar-refractivity contribution in [3.05, 3.63) is 60.2 Å². The van der Waals surface area contributed by atoms with Gasteiger partial charge in [-0.1, -0.05) is 30.3 Å². The van der Waals surface area contributed by atoms with E-state index >= 15 is 0 Å². The van der Waals surface area contributed by atoms with Crippen LogP contribution in [0.2, 0.25) is 0 Å². The number of carbonyl (C=O) groups is 2. The van der Waals surface area contributed by atoms with Crippen molar-refractivity contribution < 1.29 is 9.59 Å². The predicted octanol–water partition coefficient (Wildman–Crippen LogP) is 4.16. The van der Waals surface area contributed by atoms with E-state index in [-0.39, 0.29) is 11.8 Å². The molecule has 2 aromatic carbocycles. The Hall–Kier alpha value is -2.62. The van der Waals surface area contributed by atoms with Gasteiger partial charge in [-0.2, -0.15) is 0 Å². The number of anilines is 2. The summed E-state index contributed by atoms with van der Waals surface area (Å²) in [5, 5.41) is 2.93. The third-order valence-electron chi connectivity index (χ3n) is 4.50. The molecule has 0 radical (unpaired) electrons. The standard InChI is InChI=1S/C21H24N2O2/c24-20(10-6-9-17-7-2-1-3-8-17)22-18-12-14-19(15-13-18)23-16-5-4-11-21(23)25/h1-3,7-8,12-15H,4-6,9-11,16H2,(H,22,24). The minimum Gasteiger partial charge on any atom is -0.326 e. The number of aryl methyl sites for hydroxylation is 1. The number of nitrogens with zero attached hydrogens (tertiary/aromatic N) is 1. The molecule has 0 spiro atoms. The number of amides is 2. The minimum absolute atomic E-state index is 0.0257. The Morgan fingerprint density at radius 1 is 1.00 bits per heavy atom. The molecule has 3 rings (SSSR count). The quantitative estimate of drug-likeness (QED) is 0.861. The molecule has 1 saturated heterocycles. The largest absolute Gasteiger partial charge is 0.326 e. The van der Waals surface area contributed by atoms with Crippen molar-refractivity contribution in [2.75, 3.05) is 16.8 Å². The number of carbonyl (C=O) groups excluding carboxylic acids is 2. The van der Waals surface area contributed by atoms with Gasteiger partial charge in [-0.25, -0.2) is 0 Å². The Morgan fingerprint density at radius 3 is 2.48 bits per heavy atom. The van der Waals surface area contributed by atoms with Gasteiger partial charge < -0.3 is 10.2 Å². The molecule has 4 heteroatoms. The molecule has 130 valence electrons. The molecule has 0 unspecified atom stereocenters. The second kappa shape index (κ2) is 8.47. The summed E-state index contributed by atoms with van der Waals surface area (Å²) in [6.07, 6.45) is 4.89. The van der Waals surface area contributed by atoms with E-state index in [1.165, 1.54) is 5.56 Å². The van der Waals surface area contributed by atoms with Crippen molar-refractivity contribution in [3.63, 3.8) is 0 Å². The van der Waals surface area contributed by atoms with Crippen LogP contribution >= 0.6 is 0 Å². The lowest BCUT2D eigenvalue weighted by Crippen LogP contribution is -2.35. The Labute approximate surface area is 148 Å². The van der Waals surface area contributed by atoms with Crippen LogP contribution in [-0.4, -0.2) is 18.4 Å². The molecule has 1 N–H and O–H groups in total. The highest BCUT2D eigenvalue weighted by molar-refractivity contribution is 5.95. The van der Waals surface area contributed by atoms with Crippen molar-refractivity contribution in [1.29, 1.82) is 0 Å². The third kappa shape index (κ3) is 4.92. The maximum absolute atomic E-state index is 12.1. The number of hydrogen-bond acceptors (Lipinski definition) is 2. The van der Waals surface area contributed by atoms with Gasteiger partial charge in [-0.15, -0.1) is 0 Å². The normalized spacial score (nSPS) is 14.4. The second-order valence-electron chi connectivity index (χ2n) is 6.44. The van der Waals surface area contributed by atoms with Crippen LogP contribution in [0.15, 0.2) is 54.6 Å². The average molecular weight is 336 g/mol. The molecule has 1 aliphatic rings. The van der Waals surface area contributed by atoms with Gasteiger partial charge >= 0.3 is 0 Å². The molecule has 1 fully saturated rings. The highest BCUT2D eigenvalue weighted by atomic mass is 16.2. The fraction of sp³-hybridized carbons (Fsp3) is 0.333. The summed E-state index contributed by atoms with van der Waals surface area (Å²) in [6, 6.07) is 17.7. The van der Waals surface area contributed by atoms with Crippen LogP contribution in [0, 0.1) is 0 Å². The number of piperidine rings is 1. The first-order valence-electron chi connectivity index (χ1n) is 8.96. The van der Waals surface area contributed by atoms with Crippen molar-refractivity contribution >= 4 is 23.2 Å². The van der Waals surface area contributed by atoms with E-state index in [1.54, 1.807) is 0 Å². The molecule has 0 atom stereocenters. The fourth-order valence-electron chi connectivity index (χ4n) is 3.12. The van der Waals surface area contributed by atoms with E-state index in [1.807, 2.05) is 47.4 Å². The van der Waals surface area contributed by atoms with Crippen LogP contribution in [0.1, 0.15) is 37.7 Å². The molecular formula is C21H24N2O2. The first kappa shape index (κ1) is 17.2. The summed E-state index contributed by atoms with van der Waals surface area (Å²) in [5.41, 5.74) is 2.94. The van der Waals surface area contributed by atoms with Gasteiger partial charge in [0.15, 0.2) is 0 Å². The van der Waals surface area contributed by atoms with Gasteiger partial charge in [0.1, 0.15) is 0 Å². The Kier molecular flexibility index (Phi) is 5.83. The van der Waals surface area contributed by atoms with E-state index in [2.05, 4.69) is 17.4 Å². The maximum Gasteiger partial charge on any atom is 0.226 e. The lowest BCUT2D eigenvalue weighted by atomic mass is 10.1. The topological polar surface area (TPSA) is 49.4 Å². The van der Waals surface area contributed by atoms with Crippen molar-refractivity contribution in [2.45, 2.75) is 38.5 Å². The molecule has 0 saturated carbocycles. The monoisotopic (exact) mass is 336 g/mol. The van der Waals surface area contributed by atoms with E-state index in [9.17, 15) is 9.59 Å². The van der Waals surface area contributed by atoms with Gasteiger partial charge in [-0.3, -0.25) is 9.59 Å². The zero-order chi connectivity index (χ0) is 17.5. The molecule has 0 aliphatic carbocycles. The number of hydrogen-bond donors (Lipinski definition) is 1. The number of benzene rings is 2. The minimum atomic E-state index is 0.0257. The average Bonchev–Trinajstić information content (AvgIpc) is 2.64. The van der Waals surface area contributed by atoms with Crippen molar-refractivity contribution in [3.8, 4) is 0 Å². The zero-order valence-corrected chi connectivity index (χ0v) is 14.4. The Morgan fingerprint density at radius 2 is 1.76 bits per heavy atom. The highest BCUT2D eigenvalue weighted by Gasteiger charge is 2.19. The van der Waals surface area contributed by atoms with E-state index in [0.717, 1.165) is 43.6 Å². The summed E-state index contributed by atoms with van der Waals surface area (Å²) < 4.78 is 0. The van der Waals surface area contributed by atoms with Crippen LogP contribution in [-0.2, 0) is 16.0 Å². The van der Waals surface area contributed by atoms with Crippen LogP contribution in [0.25, 0.3) is 0 Å². The summed E-state index contributed by atoms with van der Waals surface area (Å²) >= 11 is 0. The van der Waals surface area contributed by atoms with E-state index in [4.69, 9.17) is 0 Å². The van der Waals surface area contributed by atoms with Gasteiger partial charge in [0.25, 0.3) is 0 Å². The lowest BCUT2D eigenvalue weighted by molar-refractivity contribution is -0.119. The summed E-state index contributed by atoms with van der Waals surface area (Å²) in [4.78, 5) is 25.8. The predicted molar refractivity (Wildman–Crippen MR) is 101 cm³/mol. The molecule has 0 bridgehead atoms. The summed E-state index contributed by atoms with van der Waals surface area (Å²) in [7, 11) is 0. The van der Waals surface area contributed by atoms with E-state index < -0.39 is 0 Å². The second-order valence-corrected chi connectivity index (χ2v) is 6.44. The summed E-state index contributed by atoms with van der Waals surface area (Å²) in [6.45, 7) is 0.782. The Bertz CT molecular complexity index is 710. The molecule has 1 aliphatic heterocycles. The van der Waals surface area contributed by atoms with Gasteiger partial charge in [0, 0.05) is 30.8 Å². The maximum atomic E-state index is 12.1. The van der Waals surface area contributed by atoms with Crippen LogP contribution in [0.3, 0.4) is 0 Å². The van der Waals surface area contributed by atoms with Gasteiger partial charge in [-0.05, 0) is 55.5 Å². The smallest absolute Gasteiger partial charge is 0.226 e. The SMILES string of the molecule is O=C(CCCc1ccccc1)Nc1ccc(N2CCCCC2=O)cc1. The zero-order valence-electron chi connectivity index (χ0n) is 14.4. The van der Waals surface area contributed by atoms with Crippen LogP contribution in [0.5, 0.6) is 0 Å². The molecular weight excluding hydrogens is 312 g/mol. The first-order chi connectivity index (χ1) is 12.2. The molecule has 2 aromatic rings. The van der Waals surface area contributed by atoms with E-state index in [0.29, 0.717) is 12.8 Å². The number of nitrogens with one attached hydrogen (secondary N) is 1. The fourth-order valence-corrected chi connectivity index (χ4v) is 3.12. The highest BCUT2D eigenvalue weighted by Crippen LogP contribution is 2.22. The molecule has 4 nitrogen and oxygen atoms in total. The van der Waals surface area contributed by atoms with Crippen molar-refractivity contribution in [1.82, 2.24) is 0 Å². The Balaban J connectivity index is 1.47. The molecule has 0 aromatic heterocycles. The lowest BCUT2D eigenvalue weighted by Gasteiger charge is -2.26. The molecule has 1 heterocycles. The summed E-state index contributed by atoms with van der Waals surface area (Å²) in [5.74, 6) is 0.210. The third-order valence-corrected chi connectivity index (χ3v) is 4.50. The van der Waals surface area contributed by atoms with Crippen LogP contribution in [0.4, 0.5) is 11.4 Å². The van der Waals surface area contributed by atoms with Gasteiger partial charge in [0.05, 0.1) is 0 Å².